The molecule has 0 aliphatic carbocycles. The van der Waals surface area contributed by atoms with Crippen molar-refractivity contribution in [1.82, 2.24) is 4.90 Å². The first-order chi connectivity index (χ1) is 7.59. The molecule has 0 saturated heterocycles. The molecule has 0 saturated carbocycles. The molecule has 0 fully saturated rings. The summed E-state index contributed by atoms with van der Waals surface area (Å²) in [6, 6.07) is 7.46. The molecule has 1 aliphatic heterocycles. The third kappa shape index (κ3) is 1.88. The minimum Gasteiger partial charge on any atom is -0.321 e. The number of nitrogens with zero attached hydrogens (tertiary/aromatic N) is 1. The van der Waals surface area contributed by atoms with Crippen molar-refractivity contribution in [3.8, 4) is 0 Å². The van der Waals surface area contributed by atoms with Gasteiger partial charge in [0.05, 0.1) is 4.91 Å². The lowest BCUT2D eigenvalue weighted by molar-refractivity contribution is -0.125. The zero-order valence-electron chi connectivity index (χ0n) is 9.06. The van der Waals surface area contributed by atoms with Crippen LogP contribution in [0, 0.1) is 0 Å². The summed E-state index contributed by atoms with van der Waals surface area (Å²) in [6.07, 6.45) is 1.59. The molecule has 0 aromatic heterocycles. The lowest BCUT2D eigenvalue weighted by atomic mass is 10.1. The minimum absolute atomic E-state index is 0.00583. The van der Waals surface area contributed by atoms with E-state index in [4.69, 9.17) is 0 Å². The summed E-state index contributed by atoms with van der Waals surface area (Å²) in [4.78, 5) is 26.0. The molecular formula is C12H11NO2S. The van der Waals surface area contributed by atoms with Crippen LogP contribution >= 0.6 is 11.8 Å². The summed E-state index contributed by atoms with van der Waals surface area (Å²) in [5, 5.41) is 0. The molecule has 2 rings (SSSR count). The predicted octanol–water partition coefficient (Wildman–Crippen LogP) is 2.29. The number of Topliss-reactive ketones (excluding diaryl/α,β-unsaturated/α-hetero) is 1. The Labute approximate surface area is 98.1 Å². The quantitative estimate of drug-likeness (QED) is 0.698. The highest BCUT2D eigenvalue weighted by atomic mass is 32.2. The van der Waals surface area contributed by atoms with Gasteiger partial charge in [-0.1, -0.05) is 23.9 Å². The molecule has 1 aromatic carbocycles. The van der Waals surface area contributed by atoms with Gasteiger partial charge in [-0.2, -0.15) is 0 Å². The van der Waals surface area contributed by atoms with Gasteiger partial charge in [-0.25, -0.2) is 0 Å². The van der Waals surface area contributed by atoms with Crippen molar-refractivity contribution in [1.29, 1.82) is 0 Å². The molecule has 0 atom stereocenters. The van der Waals surface area contributed by atoms with Crippen LogP contribution in [0.3, 0.4) is 0 Å². The molecule has 0 N–H and O–H groups in total. The van der Waals surface area contributed by atoms with Crippen LogP contribution in [0.5, 0.6) is 0 Å². The fourth-order valence-electron chi connectivity index (χ4n) is 1.39. The summed E-state index contributed by atoms with van der Waals surface area (Å²) in [6.45, 7) is 1.47. The first-order valence-electron chi connectivity index (χ1n) is 4.86. The Hall–Kier alpha value is -1.55. The number of fused-ring (bicyclic) bond motifs is 1. The second-order valence-corrected chi connectivity index (χ2v) is 4.63. The molecule has 0 spiro atoms. The molecule has 1 aromatic rings. The van der Waals surface area contributed by atoms with Crippen LogP contribution in [0.4, 0.5) is 0 Å². The number of benzene rings is 1. The Balaban J connectivity index is 2.32. The molecular weight excluding hydrogens is 222 g/mol. The van der Waals surface area contributed by atoms with E-state index in [1.165, 1.54) is 23.6 Å². The summed E-state index contributed by atoms with van der Waals surface area (Å²) >= 11 is 1.41. The molecule has 16 heavy (non-hydrogen) atoms. The van der Waals surface area contributed by atoms with Crippen LogP contribution in [-0.2, 0) is 4.79 Å². The van der Waals surface area contributed by atoms with E-state index in [9.17, 15) is 9.59 Å². The number of ketones is 1. The first-order valence-corrected chi connectivity index (χ1v) is 5.68. The monoisotopic (exact) mass is 233 g/mol. The van der Waals surface area contributed by atoms with Crippen molar-refractivity contribution in [2.24, 2.45) is 0 Å². The van der Waals surface area contributed by atoms with Gasteiger partial charge in [0.15, 0.2) is 0 Å². The Morgan fingerprint density at radius 3 is 2.69 bits per heavy atom. The Morgan fingerprint density at radius 2 is 2.06 bits per heavy atom. The van der Waals surface area contributed by atoms with Crippen molar-refractivity contribution in [2.45, 2.75) is 11.8 Å². The van der Waals surface area contributed by atoms with E-state index in [0.717, 1.165) is 10.5 Å². The van der Waals surface area contributed by atoms with E-state index >= 15 is 0 Å². The normalized spacial score (nSPS) is 16.4. The number of hydrogen-bond donors (Lipinski definition) is 0. The highest BCUT2D eigenvalue weighted by Crippen LogP contribution is 2.39. The second kappa shape index (κ2) is 4.14. The fraction of sp³-hybridized carbons (Fsp3) is 0.167. The van der Waals surface area contributed by atoms with E-state index in [1.807, 2.05) is 18.2 Å². The average molecular weight is 233 g/mol. The standard InChI is InChI=1S/C12H11NO2S/c1-8(14)13(2)7-11-12(15)9-5-3-4-6-10(9)16-11/h3-7H,1-2H3/b11-7+. The molecule has 4 heteroatoms. The van der Waals surface area contributed by atoms with Gasteiger partial charge in [-0.05, 0) is 12.1 Å². The van der Waals surface area contributed by atoms with Crippen molar-refractivity contribution in [3.05, 3.63) is 40.9 Å². The van der Waals surface area contributed by atoms with Crippen LogP contribution in [0.15, 0.2) is 40.3 Å². The highest BCUT2D eigenvalue weighted by molar-refractivity contribution is 8.04. The number of thioether (sulfide) groups is 1. The van der Waals surface area contributed by atoms with Crippen molar-refractivity contribution in [2.75, 3.05) is 7.05 Å². The second-order valence-electron chi connectivity index (χ2n) is 3.55. The van der Waals surface area contributed by atoms with Gasteiger partial charge in [0.1, 0.15) is 0 Å². The van der Waals surface area contributed by atoms with Crippen LogP contribution < -0.4 is 0 Å². The predicted molar refractivity (Wildman–Crippen MR) is 63.2 cm³/mol. The summed E-state index contributed by atoms with van der Waals surface area (Å²) in [5.41, 5.74) is 0.718. The SMILES string of the molecule is CC(=O)N(C)/C=C1/Sc2ccccc2C1=O. The third-order valence-corrected chi connectivity index (χ3v) is 3.47. The number of amides is 1. The maximum absolute atomic E-state index is 11.9. The van der Waals surface area contributed by atoms with Crippen LogP contribution in [0.25, 0.3) is 0 Å². The average Bonchev–Trinajstić information content (AvgIpc) is 2.56. The van der Waals surface area contributed by atoms with Gasteiger partial charge in [-0.3, -0.25) is 9.59 Å². The van der Waals surface area contributed by atoms with Crippen molar-refractivity contribution in [3.63, 3.8) is 0 Å². The molecule has 1 amide bonds. The van der Waals surface area contributed by atoms with Gasteiger partial charge in [-0.15, -0.1) is 0 Å². The third-order valence-electron chi connectivity index (χ3n) is 2.38. The minimum atomic E-state index is -0.0862. The summed E-state index contributed by atoms with van der Waals surface area (Å²) < 4.78 is 0. The van der Waals surface area contributed by atoms with Gasteiger partial charge in [0.2, 0.25) is 11.7 Å². The summed E-state index contributed by atoms with van der Waals surface area (Å²) in [5.74, 6) is -0.0921. The van der Waals surface area contributed by atoms with Gasteiger partial charge in [0.25, 0.3) is 0 Å². The molecule has 0 radical (unpaired) electrons. The van der Waals surface area contributed by atoms with Gasteiger partial charge in [0, 0.05) is 30.6 Å². The van der Waals surface area contributed by atoms with Crippen molar-refractivity contribution >= 4 is 23.5 Å². The Morgan fingerprint density at radius 1 is 1.38 bits per heavy atom. The van der Waals surface area contributed by atoms with E-state index in [1.54, 1.807) is 19.3 Å². The lowest BCUT2D eigenvalue weighted by Gasteiger charge is -2.08. The van der Waals surface area contributed by atoms with E-state index < -0.39 is 0 Å². The number of rotatable bonds is 1. The summed E-state index contributed by atoms with van der Waals surface area (Å²) in [7, 11) is 1.64. The van der Waals surface area contributed by atoms with E-state index in [2.05, 4.69) is 0 Å². The topological polar surface area (TPSA) is 37.4 Å². The maximum Gasteiger partial charge on any atom is 0.223 e. The number of hydrogen-bond acceptors (Lipinski definition) is 3. The van der Waals surface area contributed by atoms with Gasteiger partial charge >= 0.3 is 0 Å². The Kier molecular flexibility index (Phi) is 2.83. The maximum atomic E-state index is 11.9. The number of carbonyl (C=O) groups is 2. The van der Waals surface area contributed by atoms with E-state index in [-0.39, 0.29) is 11.7 Å². The largest absolute Gasteiger partial charge is 0.321 e. The van der Waals surface area contributed by atoms with Crippen LogP contribution in [-0.4, -0.2) is 23.6 Å². The van der Waals surface area contributed by atoms with Crippen LogP contribution in [0.1, 0.15) is 17.3 Å². The van der Waals surface area contributed by atoms with Gasteiger partial charge < -0.3 is 4.90 Å². The van der Waals surface area contributed by atoms with Crippen molar-refractivity contribution < 1.29 is 9.59 Å². The molecule has 1 aliphatic rings. The molecule has 1 heterocycles. The fourth-order valence-corrected chi connectivity index (χ4v) is 2.46. The zero-order valence-corrected chi connectivity index (χ0v) is 9.88. The first kappa shape index (κ1) is 11.0. The molecule has 0 bridgehead atoms. The van der Waals surface area contributed by atoms with E-state index in [0.29, 0.717) is 4.91 Å². The molecule has 3 nitrogen and oxygen atoms in total. The molecule has 0 unspecified atom stereocenters. The highest BCUT2D eigenvalue weighted by Gasteiger charge is 2.25. The molecule has 82 valence electrons. The smallest absolute Gasteiger partial charge is 0.223 e. The number of allylic oxidation sites excluding steroid dienone is 1. The van der Waals surface area contributed by atoms with Crippen LogP contribution in [0.2, 0.25) is 0 Å². The lowest BCUT2D eigenvalue weighted by Crippen LogP contribution is -2.17. The number of carbonyl (C=O) groups excluding carboxylic acids is 2. The zero-order chi connectivity index (χ0) is 11.7. The Bertz CT molecular complexity index is 494.